The maximum Gasteiger partial charge on any atom is 0.233 e. The lowest BCUT2D eigenvalue weighted by Gasteiger charge is -2.26. The van der Waals surface area contributed by atoms with E-state index in [-0.39, 0.29) is 16.7 Å². The van der Waals surface area contributed by atoms with E-state index in [4.69, 9.17) is 0 Å². The number of pyridine rings is 1. The number of aromatic nitrogens is 1. The number of hydrogen-bond donors (Lipinski definition) is 1. The van der Waals surface area contributed by atoms with Crippen LogP contribution in [-0.2, 0) is 4.79 Å². The lowest BCUT2D eigenvalue weighted by atomic mass is 10.0. The summed E-state index contributed by atoms with van der Waals surface area (Å²) >= 11 is 1.49. The average molecular weight is 302 g/mol. The lowest BCUT2D eigenvalue weighted by Crippen LogP contribution is -2.46. The molecule has 0 fully saturated rings. The number of carbonyl (C=O) groups excluding carboxylic acids is 1. The fourth-order valence-electron chi connectivity index (χ4n) is 1.87. The molecule has 1 aromatic heterocycles. The zero-order valence-electron chi connectivity index (χ0n) is 13.0. The van der Waals surface area contributed by atoms with Crippen LogP contribution in [0.25, 0.3) is 10.9 Å². The van der Waals surface area contributed by atoms with Crippen LogP contribution in [0.5, 0.6) is 0 Å². The molecule has 2 aromatic rings. The third kappa shape index (κ3) is 4.21. The van der Waals surface area contributed by atoms with E-state index in [1.54, 1.807) is 0 Å². The van der Waals surface area contributed by atoms with Crippen molar-refractivity contribution in [3.8, 4) is 0 Å². The molecule has 1 aromatic carbocycles. The van der Waals surface area contributed by atoms with E-state index in [1.807, 2.05) is 57.2 Å². The second kappa shape index (κ2) is 6.48. The fraction of sp³-hybridized carbons (Fsp3) is 0.412. The van der Waals surface area contributed by atoms with Gasteiger partial charge < -0.3 is 5.32 Å². The van der Waals surface area contributed by atoms with Gasteiger partial charge in [0, 0.05) is 10.9 Å². The zero-order valence-corrected chi connectivity index (χ0v) is 13.8. The maximum absolute atomic E-state index is 12.2. The Kier molecular flexibility index (Phi) is 4.88. The molecule has 0 aliphatic rings. The molecule has 1 heterocycles. The first-order valence-corrected chi connectivity index (χ1v) is 8.14. The number of hydrogen-bond acceptors (Lipinski definition) is 3. The van der Waals surface area contributed by atoms with Gasteiger partial charge in [-0.15, -0.1) is 0 Å². The summed E-state index contributed by atoms with van der Waals surface area (Å²) in [6.07, 6.45) is 0.907. The maximum atomic E-state index is 12.2. The number of thioether (sulfide) groups is 1. The number of fused-ring (bicyclic) bond motifs is 1. The van der Waals surface area contributed by atoms with Crippen molar-refractivity contribution < 1.29 is 4.79 Å². The molecule has 1 N–H and O–H groups in total. The molecule has 0 saturated heterocycles. The summed E-state index contributed by atoms with van der Waals surface area (Å²) in [6, 6.07) is 12.0. The molecule has 2 rings (SSSR count). The summed E-state index contributed by atoms with van der Waals surface area (Å²) in [7, 11) is 0. The van der Waals surface area contributed by atoms with Crippen molar-refractivity contribution in [2.45, 2.75) is 49.9 Å². The van der Waals surface area contributed by atoms with E-state index >= 15 is 0 Å². The average Bonchev–Trinajstić information content (AvgIpc) is 2.46. The van der Waals surface area contributed by atoms with Crippen LogP contribution in [0, 0.1) is 0 Å². The van der Waals surface area contributed by atoms with E-state index in [0.29, 0.717) is 0 Å². The molecule has 3 nitrogen and oxygen atoms in total. The number of rotatable bonds is 5. The molecule has 0 aliphatic carbocycles. The van der Waals surface area contributed by atoms with E-state index in [2.05, 4.69) is 17.2 Å². The number of para-hydroxylation sites is 1. The van der Waals surface area contributed by atoms with Crippen LogP contribution in [0.4, 0.5) is 0 Å². The van der Waals surface area contributed by atoms with E-state index < -0.39 is 0 Å². The molecule has 112 valence electrons. The Morgan fingerprint density at radius 1 is 1.29 bits per heavy atom. The van der Waals surface area contributed by atoms with Gasteiger partial charge in [-0.25, -0.2) is 4.98 Å². The first-order valence-electron chi connectivity index (χ1n) is 7.26. The van der Waals surface area contributed by atoms with Crippen molar-refractivity contribution >= 4 is 28.6 Å². The van der Waals surface area contributed by atoms with E-state index in [9.17, 15) is 4.79 Å². The first kappa shape index (κ1) is 15.8. The van der Waals surface area contributed by atoms with Gasteiger partial charge in [0.05, 0.1) is 15.8 Å². The molecule has 1 amide bonds. The number of nitrogens with zero attached hydrogens (tertiary/aromatic N) is 1. The second-order valence-corrected chi connectivity index (χ2v) is 7.19. The summed E-state index contributed by atoms with van der Waals surface area (Å²) in [4.78, 5) is 16.8. The van der Waals surface area contributed by atoms with Crippen LogP contribution >= 0.6 is 11.8 Å². The molecule has 1 atom stereocenters. The normalized spacial score (nSPS) is 13.1. The van der Waals surface area contributed by atoms with Crippen LogP contribution in [0.15, 0.2) is 41.4 Å². The monoisotopic (exact) mass is 302 g/mol. The van der Waals surface area contributed by atoms with Crippen molar-refractivity contribution in [1.82, 2.24) is 10.3 Å². The molecule has 0 aliphatic heterocycles. The fourth-order valence-corrected chi connectivity index (χ4v) is 2.70. The molecule has 1 unspecified atom stereocenters. The Labute approximate surface area is 130 Å². The quantitative estimate of drug-likeness (QED) is 0.848. The summed E-state index contributed by atoms with van der Waals surface area (Å²) in [6.45, 7) is 8.07. The summed E-state index contributed by atoms with van der Waals surface area (Å²) in [5.74, 6) is 0.0572. The largest absolute Gasteiger partial charge is 0.350 e. The Hall–Kier alpha value is -1.55. The van der Waals surface area contributed by atoms with Gasteiger partial charge >= 0.3 is 0 Å². The van der Waals surface area contributed by atoms with Gasteiger partial charge in [-0.2, -0.15) is 0 Å². The van der Waals surface area contributed by atoms with Crippen LogP contribution < -0.4 is 5.32 Å². The van der Waals surface area contributed by atoms with Gasteiger partial charge in [0.1, 0.15) is 0 Å². The Morgan fingerprint density at radius 3 is 2.71 bits per heavy atom. The third-order valence-corrected chi connectivity index (χ3v) is 4.62. The summed E-state index contributed by atoms with van der Waals surface area (Å²) in [5, 5.41) is 4.91. The van der Waals surface area contributed by atoms with Crippen molar-refractivity contribution in [2.24, 2.45) is 0 Å². The molecule has 0 bridgehead atoms. The third-order valence-electron chi connectivity index (χ3n) is 3.59. The highest BCUT2D eigenvalue weighted by atomic mass is 32.2. The van der Waals surface area contributed by atoms with Gasteiger partial charge in [0.15, 0.2) is 0 Å². The number of amides is 1. The molecule has 0 spiro atoms. The van der Waals surface area contributed by atoms with E-state index in [0.717, 1.165) is 22.3 Å². The Balaban J connectivity index is 2.07. The van der Waals surface area contributed by atoms with Crippen LogP contribution in [-0.4, -0.2) is 21.7 Å². The molecular weight excluding hydrogens is 280 g/mol. The molecular formula is C17H22N2OS. The standard InChI is InChI=1S/C17H22N2OS/c1-5-17(3,4)19-16(20)12(2)21-15-11-10-13-8-6-7-9-14(13)18-15/h6-12H,5H2,1-4H3,(H,19,20). The topological polar surface area (TPSA) is 42.0 Å². The number of benzene rings is 1. The van der Waals surface area contributed by atoms with Crippen molar-refractivity contribution in [3.63, 3.8) is 0 Å². The number of carbonyl (C=O) groups is 1. The molecule has 0 saturated carbocycles. The van der Waals surface area contributed by atoms with Gasteiger partial charge in [-0.05, 0) is 39.3 Å². The van der Waals surface area contributed by atoms with Crippen molar-refractivity contribution in [1.29, 1.82) is 0 Å². The predicted molar refractivity (Wildman–Crippen MR) is 89.6 cm³/mol. The Morgan fingerprint density at radius 2 is 2.00 bits per heavy atom. The van der Waals surface area contributed by atoms with Crippen molar-refractivity contribution in [2.75, 3.05) is 0 Å². The molecule has 0 radical (unpaired) electrons. The zero-order chi connectivity index (χ0) is 15.5. The summed E-state index contributed by atoms with van der Waals surface area (Å²) in [5.41, 5.74) is 0.798. The Bertz CT molecular complexity index is 639. The highest BCUT2D eigenvalue weighted by molar-refractivity contribution is 8.00. The second-order valence-electron chi connectivity index (χ2n) is 5.83. The minimum atomic E-state index is -0.164. The minimum absolute atomic E-state index is 0.0572. The van der Waals surface area contributed by atoms with Crippen molar-refractivity contribution in [3.05, 3.63) is 36.4 Å². The SMILES string of the molecule is CCC(C)(C)NC(=O)C(C)Sc1ccc2ccccc2n1. The smallest absolute Gasteiger partial charge is 0.233 e. The van der Waals surface area contributed by atoms with E-state index in [1.165, 1.54) is 11.8 Å². The van der Waals surface area contributed by atoms with Gasteiger partial charge in [0.25, 0.3) is 0 Å². The number of nitrogens with one attached hydrogen (secondary N) is 1. The highest BCUT2D eigenvalue weighted by Gasteiger charge is 2.22. The molecule has 21 heavy (non-hydrogen) atoms. The first-order chi connectivity index (χ1) is 9.91. The van der Waals surface area contributed by atoms with Gasteiger partial charge in [0.2, 0.25) is 5.91 Å². The molecule has 4 heteroatoms. The predicted octanol–water partition coefficient (Wildman–Crippen LogP) is 4.02. The van der Waals surface area contributed by atoms with Gasteiger partial charge in [-0.1, -0.05) is 43.0 Å². The van der Waals surface area contributed by atoms with Crippen LogP contribution in [0.2, 0.25) is 0 Å². The summed E-state index contributed by atoms with van der Waals surface area (Å²) < 4.78 is 0. The van der Waals surface area contributed by atoms with Gasteiger partial charge in [-0.3, -0.25) is 4.79 Å². The highest BCUT2D eigenvalue weighted by Crippen LogP contribution is 2.24. The minimum Gasteiger partial charge on any atom is -0.350 e. The van der Waals surface area contributed by atoms with Crippen LogP contribution in [0.3, 0.4) is 0 Å². The van der Waals surface area contributed by atoms with Crippen LogP contribution in [0.1, 0.15) is 34.1 Å². The lowest BCUT2D eigenvalue weighted by molar-refractivity contribution is -0.121.